The summed E-state index contributed by atoms with van der Waals surface area (Å²) in [7, 11) is 0. The largest absolute Gasteiger partial charge is 0.416 e. The van der Waals surface area contributed by atoms with Crippen LogP contribution < -0.4 is 5.56 Å². The van der Waals surface area contributed by atoms with E-state index in [1.165, 1.54) is 31.4 Å². The lowest BCUT2D eigenvalue weighted by Gasteiger charge is -2.29. The summed E-state index contributed by atoms with van der Waals surface area (Å²) in [6.45, 7) is 1.74. The second-order valence-electron chi connectivity index (χ2n) is 7.87. The third kappa shape index (κ3) is 4.14. The van der Waals surface area contributed by atoms with Crippen molar-refractivity contribution in [2.24, 2.45) is 0 Å². The lowest BCUT2D eigenvalue weighted by Crippen LogP contribution is -2.36. The zero-order chi connectivity index (χ0) is 19.7. The Balaban J connectivity index is 1.46. The minimum absolute atomic E-state index is 0.0670. The zero-order valence-corrected chi connectivity index (χ0v) is 15.7. The van der Waals surface area contributed by atoms with Crippen molar-refractivity contribution >= 4 is 0 Å². The SMILES string of the molecule is O=c1[nH]c(C2CCCCC2)nc2c1CN(Cc1ccc(C(F)(F)F)cc1)CC2. The van der Waals surface area contributed by atoms with Crippen molar-refractivity contribution in [2.45, 2.75) is 63.7 Å². The van der Waals surface area contributed by atoms with Gasteiger partial charge in [0.25, 0.3) is 5.56 Å². The smallest absolute Gasteiger partial charge is 0.310 e. The number of aromatic nitrogens is 2. The first kappa shape index (κ1) is 19.2. The van der Waals surface area contributed by atoms with E-state index in [2.05, 4.69) is 9.88 Å². The van der Waals surface area contributed by atoms with Crippen LogP contribution in [0.1, 0.15) is 66.2 Å². The Morgan fingerprint density at radius 3 is 2.50 bits per heavy atom. The topological polar surface area (TPSA) is 49.0 Å². The van der Waals surface area contributed by atoms with E-state index in [-0.39, 0.29) is 5.56 Å². The zero-order valence-electron chi connectivity index (χ0n) is 15.7. The predicted octanol–water partition coefficient (Wildman–Crippen LogP) is 4.39. The Morgan fingerprint density at radius 2 is 1.82 bits per heavy atom. The van der Waals surface area contributed by atoms with Crippen molar-refractivity contribution in [1.82, 2.24) is 14.9 Å². The van der Waals surface area contributed by atoms with E-state index in [4.69, 9.17) is 4.98 Å². The Hall–Kier alpha value is -2.15. The average molecular weight is 391 g/mol. The number of H-pyrrole nitrogens is 1. The lowest BCUT2D eigenvalue weighted by atomic mass is 9.88. The molecule has 150 valence electrons. The third-order valence-corrected chi connectivity index (χ3v) is 5.85. The molecule has 1 aliphatic carbocycles. The summed E-state index contributed by atoms with van der Waals surface area (Å²) >= 11 is 0. The fourth-order valence-electron chi connectivity index (χ4n) is 4.26. The molecule has 4 rings (SSSR count). The number of alkyl halides is 3. The van der Waals surface area contributed by atoms with Gasteiger partial charge >= 0.3 is 6.18 Å². The molecule has 1 aromatic heterocycles. The molecule has 0 amide bonds. The van der Waals surface area contributed by atoms with Gasteiger partial charge in [-0.15, -0.1) is 0 Å². The number of nitrogens with zero attached hydrogens (tertiary/aromatic N) is 2. The van der Waals surface area contributed by atoms with Gasteiger partial charge in [-0.05, 0) is 30.5 Å². The number of rotatable bonds is 3. The van der Waals surface area contributed by atoms with Crippen LogP contribution in [0.2, 0.25) is 0 Å². The average Bonchev–Trinajstić information content (AvgIpc) is 2.69. The molecule has 0 spiro atoms. The number of hydrogen-bond acceptors (Lipinski definition) is 3. The van der Waals surface area contributed by atoms with E-state index in [1.54, 1.807) is 0 Å². The minimum Gasteiger partial charge on any atom is -0.310 e. The first-order valence-corrected chi connectivity index (χ1v) is 9.90. The molecule has 0 radical (unpaired) electrons. The van der Waals surface area contributed by atoms with E-state index in [1.807, 2.05) is 0 Å². The fraction of sp³-hybridized carbons (Fsp3) is 0.524. The lowest BCUT2D eigenvalue weighted by molar-refractivity contribution is -0.137. The van der Waals surface area contributed by atoms with Gasteiger partial charge in [-0.3, -0.25) is 9.69 Å². The molecule has 2 aliphatic rings. The Labute approximate surface area is 161 Å². The molecule has 4 nitrogen and oxygen atoms in total. The van der Waals surface area contributed by atoms with Crippen LogP contribution in [0, 0.1) is 0 Å². The van der Waals surface area contributed by atoms with Crippen LogP contribution in [0.15, 0.2) is 29.1 Å². The van der Waals surface area contributed by atoms with Crippen LogP contribution in [-0.4, -0.2) is 21.4 Å². The first-order valence-electron chi connectivity index (χ1n) is 9.90. The van der Waals surface area contributed by atoms with Gasteiger partial charge in [0.1, 0.15) is 5.82 Å². The van der Waals surface area contributed by atoms with Gasteiger partial charge in [-0.25, -0.2) is 4.98 Å². The van der Waals surface area contributed by atoms with Gasteiger partial charge in [-0.2, -0.15) is 13.2 Å². The van der Waals surface area contributed by atoms with E-state index in [9.17, 15) is 18.0 Å². The molecule has 0 unspecified atom stereocenters. The molecule has 1 aliphatic heterocycles. The number of hydrogen-bond donors (Lipinski definition) is 1. The Morgan fingerprint density at radius 1 is 1.11 bits per heavy atom. The number of aromatic amines is 1. The maximum atomic E-state index is 12.7. The Bertz CT molecular complexity index is 883. The summed E-state index contributed by atoms with van der Waals surface area (Å²) in [5, 5.41) is 0. The van der Waals surface area contributed by atoms with Gasteiger partial charge in [0.2, 0.25) is 0 Å². The van der Waals surface area contributed by atoms with Crippen LogP contribution in [0.4, 0.5) is 13.2 Å². The van der Waals surface area contributed by atoms with Crippen molar-refractivity contribution in [3.8, 4) is 0 Å². The van der Waals surface area contributed by atoms with Crippen molar-refractivity contribution in [3.05, 3.63) is 62.8 Å². The maximum Gasteiger partial charge on any atom is 0.416 e. The molecule has 7 heteroatoms. The summed E-state index contributed by atoms with van der Waals surface area (Å²) in [5.74, 6) is 1.19. The molecule has 2 heterocycles. The molecule has 1 fully saturated rings. The van der Waals surface area contributed by atoms with Gasteiger partial charge in [0.05, 0.1) is 16.8 Å². The van der Waals surface area contributed by atoms with E-state index in [0.717, 1.165) is 48.6 Å². The van der Waals surface area contributed by atoms with Gasteiger partial charge in [-0.1, -0.05) is 31.4 Å². The molecule has 0 bridgehead atoms. The van der Waals surface area contributed by atoms with Crippen LogP contribution in [0.25, 0.3) is 0 Å². The first-order chi connectivity index (χ1) is 13.4. The van der Waals surface area contributed by atoms with E-state index >= 15 is 0 Å². The quantitative estimate of drug-likeness (QED) is 0.844. The van der Waals surface area contributed by atoms with Gasteiger partial charge < -0.3 is 4.98 Å². The van der Waals surface area contributed by atoms with Crippen LogP contribution in [0.3, 0.4) is 0 Å². The summed E-state index contributed by atoms with van der Waals surface area (Å²) in [5.41, 5.74) is 1.67. The molecule has 0 atom stereocenters. The van der Waals surface area contributed by atoms with Crippen molar-refractivity contribution < 1.29 is 13.2 Å². The van der Waals surface area contributed by atoms with Crippen molar-refractivity contribution in [2.75, 3.05) is 6.54 Å². The maximum absolute atomic E-state index is 12.7. The van der Waals surface area contributed by atoms with E-state index in [0.29, 0.717) is 31.0 Å². The molecule has 2 aromatic rings. The number of halogens is 3. The van der Waals surface area contributed by atoms with Crippen LogP contribution >= 0.6 is 0 Å². The molecule has 28 heavy (non-hydrogen) atoms. The second-order valence-corrected chi connectivity index (χ2v) is 7.87. The van der Waals surface area contributed by atoms with Gasteiger partial charge in [0, 0.05) is 32.0 Å². The van der Waals surface area contributed by atoms with Gasteiger partial charge in [0.15, 0.2) is 0 Å². The Kier molecular flexibility index (Phi) is 5.27. The summed E-state index contributed by atoms with van der Waals surface area (Å²) in [6.07, 6.45) is 2.17. The van der Waals surface area contributed by atoms with Crippen LogP contribution in [0.5, 0.6) is 0 Å². The highest BCUT2D eigenvalue weighted by atomic mass is 19.4. The number of nitrogens with one attached hydrogen (secondary N) is 1. The summed E-state index contributed by atoms with van der Waals surface area (Å²) in [6, 6.07) is 5.23. The summed E-state index contributed by atoms with van der Waals surface area (Å²) < 4.78 is 38.1. The van der Waals surface area contributed by atoms with E-state index < -0.39 is 11.7 Å². The highest BCUT2D eigenvalue weighted by Gasteiger charge is 2.30. The van der Waals surface area contributed by atoms with Crippen molar-refractivity contribution in [1.29, 1.82) is 0 Å². The monoisotopic (exact) mass is 391 g/mol. The third-order valence-electron chi connectivity index (χ3n) is 5.85. The molecule has 1 saturated carbocycles. The summed E-state index contributed by atoms with van der Waals surface area (Å²) in [4.78, 5) is 22.5. The normalized spacial score (nSPS) is 18.8. The molecule has 1 N–H and O–H groups in total. The highest BCUT2D eigenvalue weighted by molar-refractivity contribution is 5.26. The fourth-order valence-corrected chi connectivity index (χ4v) is 4.26. The molecular formula is C21H24F3N3O. The molecule has 1 aromatic carbocycles. The second kappa shape index (κ2) is 7.70. The number of benzene rings is 1. The molecule has 0 saturated heterocycles. The molecular weight excluding hydrogens is 367 g/mol. The highest BCUT2D eigenvalue weighted by Crippen LogP contribution is 2.31. The minimum atomic E-state index is -4.32. The predicted molar refractivity (Wildman–Crippen MR) is 99.9 cm³/mol. The van der Waals surface area contributed by atoms with Crippen LogP contribution in [-0.2, 0) is 25.7 Å². The van der Waals surface area contributed by atoms with Crippen molar-refractivity contribution in [3.63, 3.8) is 0 Å². The standard InChI is InChI=1S/C21H24F3N3O/c22-21(23,24)16-8-6-14(7-9-16)12-27-11-10-18-17(13-27)20(28)26-19(25-18)15-4-2-1-3-5-15/h6-9,15H,1-5,10-13H2,(H,25,26,28). The number of fused-ring (bicyclic) bond motifs is 1.